The molecule has 3 heteroatoms. The summed E-state index contributed by atoms with van der Waals surface area (Å²) in [7, 11) is 0. The van der Waals surface area contributed by atoms with Gasteiger partial charge in [-0.05, 0) is 35.2 Å². The summed E-state index contributed by atoms with van der Waals surface area (Å²) in [6.45, 7) is 3.41. The second kappa shape index (κ2) is 4.02. The van der Waals surface area contributed by atoms with Gasteiger partial charge in [0.25, 0.3) is 0 Å². The van der Waals surface area contributed by atoms with Crippen LogP contribution in [0.5, 0.6) is 0 Å². The van der Waals surface area contributed by atoms with Crippen LogP contribution < -0.4 is 5.73 Å². The minimum absolute atomic E-state index is 0.198. The second-order valence-electron chi connectivity index (χ2n) is 4.47. The van der Waals surface area contributed by atoms with Crippen LogP contribution in [0.25, 0.3) is 0 Å². The number of benzene rings is 1. The van der Waals surface area contributed by atoms with Crippen molar-refractivity contribution >= 4 is 0 Å². The molecular weight excluding hydrogens is 214 g/mol. The molecule has 1 aromatic carbocycles. The zero-order chi connectivity index (χ0) is 11.8. The maximum Gasteiger partial charge on any atom is 0.127 e. The molecular formula is C14H15NO2. The first-order valence-electron chi connectivity index (χ1n) is 5.75. The molecule has 0 fully saturated rings. The first-order chi connectivity index (χ1) is 8.25. The van der Waals surface area contributed by atoms with E-state index in [1.54, 1.807) is 6.26 Å². The molecule has 0 saturated heterocycles. The zero-order valence-corrected chi connectivity index (χ0v) is 9.77. The molecule has 1 atom stereocenters. The third-order valence-electron chi connectivity index (χ3n) is 3.29. The lowest BCUT2D eigenvalue weighted by Crippen LogP contribution is -2.12. The Morgan fingerprint density at radius 3 is 2.76 bits per heavy atom. The molecule has 3 rings (SSSR count). The molecule has 1 aliphatic heterocycles. The molecule has 0 bridgehead atoms. The molecule has 3 nitrogen and oxygen atoms in total. The summed E-state index contributed by atoms with van der Waals surface area (Å²) in [5, 5.41) is 0. The Labute approximate surface area is 100 Å². The van der Waals surface area contributed by atoms with Crippen molar-refractivity contribution in [3.63, 3.8) is 0 Å². The molecule has 17 heavy (non-hydrogen) atoms. The summed E-state index contributed by atoms with van der Waals surface area (Å²) >= 11 is 0. The third kappa shape index (κ3) is 1.77. The van der Waals surface area contributed by atoms with Gasteiger partial charge in [0.15, 0.2) is 0 Å². The topological polar surface area (TPSA) is 48.4 Å². The molecule has 0 amide bonds. The largest absolute Gasteiger partial charge is 0.467 e. The summed E-state index contributed by atoms with van der Waals surface area (Å²) in [5.74, 6) is 0.837. The summed E-state index contributed by atoms with van der Waals surface area (Å²) in [6.07, 6.45) is 1.68. The fourth-order valence-electron chi connectivity index (χ4n) is 2.24. The van der Waals surface area contributed by atoms with Gasteiger partial charge in [0.2, 0.25) is 0 Å². The Balaban J connectivity index is 1.97. The van der Waals surface area contributed by atoms with Gasteiger partial charge in [-0.15, -0.1) is 0 Å². The Hall–Kier alpha value is -1.58. The maximum atomic E-state index is 6.22. The molecule has 1 aromatic heterocycles. The lowest BCUT2D eigenvalue weighted by molar-refractivity contribution is 0.134. The number of furan rings is 1. The van der Waals surface area contributed by atoms with Gasteiger partial charge >= 0.3 is 0 Å². The molecule has 2 aromatic rings. The van der Waals surface area contributed by atoms with Crippen LogP contribution in [0.15, 0.2) is 34.9 Å². The van der Waals surface area contributed by atoms with Crippen molar-refractivity contribution < 1.29 is 9.15 Å². The molecule has 0 radical (unpaired) electrons. The van der Waals surface area contributed by atoms with Crippen molar-refractivity contribution in [3.8, 4) is 0 Å². The fraction of sp³-hybridized carbons (Fsp3) is 0.286. The van der Waals surface area contributed by atoms with E-state index in [9.17, 15) is 0 Å². The van der Waals surface area contributed by atoms with E-state index in [0.29, 0.717) is 13.2 Å². The van der Waals surface area contributed by atoms with Crippen molar-refractivity contribution in [3.05, 3.63) is 58.5 Å². The van der Waals surface area contributed by atoms with Crippen LogP contribution in [-0.2, 0) is 18.0 Å². The number of hydrogen-bond acceptors (Lipinski definition) is 3. The smallest absolute Gasteiger partial charge is 0.127 e. The van der Waals surface area contributed by atoms with E-state index in [-0.39, 0.29) is 6.04 Å². The molecule has 88 valence electrons. The number of rotatable bonds is 2. The SMILES string of the molecule is Cc1ccoc1C(N)c1ccc2c(c1)COC2. The predicted molar refractivity (Wildman–Crippen MR) is 64.4 cm³/mol. The van der Waals surface area contributed by atoms with Gasteiger partial charge < -0.3 is 14.9 Å². The van der Waals surface area contributed by atoms with Crippen LogP contribution in [0.2, 0.25) is 0 Å². The average Bonchev–Trinajstić information content (AvgIpc) is 2.95. The molecule has 2 N–H and O–H groups in total. The van der Waals surface area contributed by atoms with E-state index in [2.05, 4.69) is 18.2 Å². The summed E-state index contributed by atoms with van der Waals surface area (Å²) in [6, 6.07) is 8.01. The van der Waals surface area contributed by atoms with Gasteiger partial charge in [0.1, 0.15) is 5.76 Å². The Morgan fingerprint density at radius 1 is 1.18 bits per heavy atom. The van der Waals surface area contributed by atoms with Crippen LogP contribution >= 0.6 is 0 Å². The van der Waals surface area contributed by atoms with E-state index in [4.69, 9.17) is 14.9 Å². The second-order valence-corrected chi connectivity index (χ2v) is 4.47. The van der Waals surface area contributed by atoms with E-state index in [0.717, 1.165) is 16.9 Å². The van der Waals surface area contributed by atoms with Crippen LogP contribution in [-0.4, -0.2) is 0 Å². The quantitative estimate of drug-likeness (QED) is 0.861. The first kappa shape index (κ1) is 10.6. The third-order valence-corrected chi connectivity index (χ3v) is 3.29. The van der Waals surface area contributed by atoms with Crippen LogP contribution in [0.3, 0.4) is 0 Å². The van der Waals surface area contributed by atoms with Crippen molar-refractivity contribution in [2.24, 2.45) is 5.73 Å². The lowest BCUT2D eigenvalue weighted by atomic mass is 9.99. The zero-order valence-electron chi connectivity index (χ0n) is 9.77. The molecule has 0 aliphatic carbocycles. The average molecular weight is 229 g/mol. The normalized spacial score (nSPS) is 15.9. The van der Waals surface area contributed by atoms with E-state index in [1.165, 1.54) is 11.1 Å². The van der Waals surface area contributed by atoms with Crippen LogP contribution in [0.1, 0.15) is 34.1 Å². The number of fused-ring (bicyclic) bond motifs is 1. The first-order valence-corrected chi connectivity index (χ1v) is 5.75. The number of ether oxygens (including phenoxy) is 1. The number of hydrogen-bond donors (Lipinski definition) is 1. The highest BCUT2D eigenvalue weighted by molar-refractivity contribution is 5.38. The highest BCUT2D eigenvalue weighted by Crippen LogP contribution is 2.27. The molecule has 0 saturated carbocycles. The lowest BCUT2D eigenvalue weighted by Gasteiger charge is -2.11. The molecule has 1 aliphatic rings. The van der Waals surface area contributed by atoms with Gasteiger partial charge in [-0.3, -0.25) is 0 Å². The van der Waals surface area contributed by atoms with E-state index in [1.807, 2.05) is 13.0 Å². The molecule has 2 heterocycles. The number of nitrogens with two attached hydrogens (primary N) is 1. The summed E-state index contributed by atoms with van der Waals surface area (Å²) in [4.78, 5) is 0. The van der Waals surface area contributed by atoms with E-state index >= 15 is 0 Å². The fourth-order valence-corrected chi connectivity index (χ4v) is 2.24. The van der Waals surface area contributed by atoms with Crippen molar-refractivity contribution in [2.45, 2.75) is 26.2 Å². The minimum Gasteiger partial charge on any atom is -0.467 e. The predicted octanol–water partition coefficient (Wildman–Crippen LogP) is 2.67. The maximum absolute atomic E-state index is 6.22. The number of aryl methyl sites for hydroxylation is 1. The van der Waals surface area contributed by atoms with Crippen LogP contribution in [0, 0.1) is 6.92 Å². The van der Waals surface area contributed by atoms with E-state index < -0.39 is 0 Å². The van der Waals surface area contributed by atoms with Gasteiger partial charge in [0.05, 0.1) is 25.5 Å². The summed E-state index contributed by atoms with van der Waals surface area (Å²) in [5.41, 5.74) is 10.9. The van der Waals surface area contributed by atoms with Crippen LogP contribution in [0.4, 0.5) is 0 Å². The monoisotopic (exact) mass is 229 g/mol. The van der Waals surface area contributed by atoms with Gasteiger partial charge in [0, 0.05) is 0 Å². The Kier molecular flexibility index (Phi) is 2.50. The minimum atomic E-state index is -0.198. The standard InChI is InChI=1S/C14H15NO2/c1-9-4-5-17-14(9)13(15)10-2-3-11-7-16-8-12(11)6-10/h2-6,13H,7-8,15H2,1H3. The van der Waals surface area contributed by atoms with Gasteiger partial charge in [-0.25, -0.2) is 0 Å². The van der Waals surface area contributed by atoms with Crippen molar-refractivity contribution in [1.82, 2.24) is 0 Å². The van der Waals surface area contributed by atoms with Crippen molar-refractivity contribution in [2.75, 3.05) is 0 Å². The van der Waals surface area contributed by atoms with Crippen molar-refractivity contribution in [1.29, 1.82) is 0 Å². The highest BCUT2D eigenvalue weighted by Gasteiger charge is 2.18. The Morgan fingerprint density at radius 2 is 2.00 bits per heavy atom. The molecule has 0 spiro atoms. The van der Waals surface area contributed by atoms with Gasteiger partial charge in [-0.2, -0.15) is 0 Å². The van der Waals surface area contributed by atoms with Gasteiger partial charge in [-0.1, -0.05) is 18.2 Å². The Bertz CT molecular complexity index is 545. The highest BCUT2D eigenvalue weighted by atomic mass is 16.5. The summed E-state index contributed by atoms with van der Waals surface area (Å²) < 4.78 is 10.8. The molecule has 1 unspecified atom stereocenters.